The van der Waals surface area contributed by atoms with Gasteiger partial charge in [0, 0.05) is 45.6 Å². The molecule has 3 rings (SSSR count). The molecule has 1 atom stereocenters. The van der Waals surface area contributed by atoms with Crippen molar-refractivity contribution in [2.45, 2.75) is 31.8 Å². The second-order valence-electron chi connectivity index (χ2n) is 7.68. The van der Waals surface area contributed by atoms with Crippen LogP contribution in [0.25, 0.3) is 0 Å². The molecule has 160 valence electrons. The second kappa shape index (κ2) is 10.6. The Bertz CT molecular complexity index is 818. The summed E-state index contributed by atoms with van der Waals surface area (Å²) in [5, 5.41) is 6.97. The fraction of sp³-hybridized carbons (Fsp3) is 0.455. The van der Waals surface area contributed by atoms with Crippen molar-refractivity contribution in [3.8, 4) is 0 Å². The predicted molar refractivity (Wildman–Crippen MR) is 119 cm³/mol. The Morgan fingerprint density at radius 1 is 1.17 bits per heavy atom. The minimum atomic E-state index is -0.0282. The summed E-state index contributed by atoms with van der Waals surface area (Å²) in [7, 11) is 3.48. The molecule has 1 amide bonds. The van der Waals surface area contributed by atoms with Crippen molar-refractivity contribution in [1.82, 2.24) is 25.5 Å². The van der Waals surface area contributed by atoms with Gasteiger partial charge < -0.3 is 20.4 Å². The van der Waals surface area contributed by atoms with Gasteiger partial charge in [0.15, 0.2) is 5.96 Å². The van der Waals surface area contributed by atoms with Crippen molar-refractivity contribution < 1.29 is 4.79 Å². The Hall–Kier alpha value is -3.16. The maximum atomic E-state index is 12.0. The number of aromatic nitrogens is 2. The van der Waals surface area contributed by atoms with Gasteiger partial charge in [-0.25, -0.2) is 15.0 Å². The number of piperidine rings is 1. The number of hydrogen-bond donors (Lipinski definition) is 2. The second-order valence-corrected chi connectivity index (χ2v) is 7.68. The van der Waals surface area contributed by atoms with E-state index < -0.39 is 0 Å². The number of aliphatic imine (C=N–C) groups is 1. The monoisotopic (exact) mass is 409 g/mol. The van der Waals surface area contributed by atoms with Gasteiger partial charge >= 0.3 is 0 Å². The predicted octanol–water partition coefficient (Wildman–Crippen LogP) is 1.83. The lowest BCUT2D eigenvalue weighted by Crippen LogP contribution is -2.49. The van der Waals surface area contributed by atoms with E-state index in [1.807, 2.05) is 24.3 Å². The number of anilines is 1. The molecule has 1 aromatic heterocycles. The Morgan fingerprint density at radius 2 is 1.83 bits per heavy atom. The summed E-state index contributed by atoms with van der Waals surface area (Å²) in [6.07, 6.45) is 5.43. The van der Waals surface area contributed by atoms with Crippen molar-refractivity contribution in [1.29, 1.82) is 0 Å². The third-order valence-corrected chi connectivity index (χ3v) is 5.19. The van der Waals surface area contributed by atoms with Crippen LogP contribution in [0.4, 0.5) is 5.95 Å². The van der Waals surface area contributed by atoms with Crippen molar-refractivity contribution in [3.05, 3.63) is 54.4 Å². The zero-order valence-electron chi connectivity index (χ0n) is 18.0. The van der Waals surface area contributed by atoms with Crippen LogP contribution in [0.5, 0.6) is 0 Å². The van der Waals surface area contributed by atoms with E-state index in [-0.39, 0.29) is 24.5 Å². The van der Waals surface area contributed by atoms with E-state index in [1.165, 1.54) is 5.56 Å². The van der Waals surface area contributed by atoms with Gasteiger partial charge in [-0.2, -0.15) is 0 Å². The van der Waals surface area contributed by atoms with Gasteiger partial charge in [-0.15, -0.1) is 0 Å². The van der Waals surface area contributed by atoms with Crippen molar-refractivity contribution >= 4 is 17.8 Å². The molecule has 0 spiro atoms. The van der Waals surface area contributed by atoms with E-state index in [0.717, 1.165) is 31.9 Å². The Kier molecular flexibility index (Phi) is 7.59. The molecule has 1 saturated heterocycles. The summed E-state index contributed by atoms with van der Waals surface area (Å²) >= 11 is 0. The molecule has 2 N–H and O–H groups in total. The van der Waals surface area contributed by atoms with Crippen LogP contribution >= 0.6 is 0 Å². The van der Waals surface area contributed by atoms with E-state index in [9.17, 15) is 4.79 Å². The Balaban J connectivity index is 1.62. The van der Waals surface area contributed by atoms with Gasteiger partial charge in [0.1, 0.15) is 6.54 Å². The summed E-state index contributed by atoms with van der Waals surface area (Å²) in [5.74, 6) is 1.41. The van der Waals surface area contributed by atoms with Crippen LogP contribution in [0.1, 0.15) is 31.4 Å². The van der Waals surface area contributed by atoms with Gasteiger partial charge in [0.25, 0.3) is 0 Å². The number of guanidine groups is 1. The first-order chi connectivity index (χ1) is 14.5. The zero-order chi connectivity index (χ0) is 21.3. The largest absolute Gasteiger partial charge is 0.354 e. The maximum absolute atomic E-state index is 12.0. The van der Waals surface area contributed by atoms with E-state index in [0.29, 0.717) is 5.96 Å². The highest BCUT2D eigenvalue weighted by atomic mass is 16.2. The highest BCUT2D eigenvalue weighted by Gasteiger charge is 2.22. The van der Waals surface area contributed by atoms with Gasteiger partial charge in [-0.3, -0.25) is 4.79 Å². The smallest absolute Gasteiger partial charge is 0.243 e. The van der Waals surface area contributed by atoms with Gasteiger partial charge in [-0.1, -0.05) is 30.3 Å². The minimum absolute atomic E-state index is 0.0282. The van der Waals surface area contributed by atoms with Gasteiger partial charge in [0.2, 0.25) is 11.9 Å². The molecule has 0 aliphatic carbocycles. The van der Waals surface area contributed by atoms with E-state index in [4.69, 9.17) is 0 Å². The molecular formula is C22H31N7O. The molecule has 1 aliphatic rings. The Labute approximate surface area is 178 Å². The number of likely N-dealkylation sites (N-methyl/N-ethyl adjacent to an activating group) is 1. The van der Waals surface area contributed by atoms with Crippen molar-refractivity contribution in [2.24, 2.45) is 4.99 Å². The number of nitrogens with zero attached hydrogens (tertiary/aromatic N) is 5. The number of hydrogen-bond acceptors (Lipinski definition) is 5. The molecule has 8 nitrogen and oxygen atoms in total. The number of amides is 1. The van der Waals surface area contributed by atoms with Gasteiger partial charge in [-0.05, 0) is 31.4 Å². The zero-order valence-corrected chi connectivity index (χ0v) is 18.0. The van der Waals surface area contributed by atoms with Crippen LogP contribution in [0.2, 0.25) is 0 Å². The summed E-state index contributed by atoms with van der Waals surface area (Å²) in [5.41, 5.74) is 1.17. The SMILES string of the molecule is CC(NC(=NCC(=O)N(C)C)NC1CCN(c2ncccn2)CC1)c1ccccc1. The molecular weight excluding hydrogens is 378 g/mol. The van der Waals surface area contributed by atoms with Crippen LogP contribution < -0.4 is 15.5 Å². The molecule has 1 unspecified atom stereocenters. The fourth-order valence-electron chi connectivity index (χ4n) is 3.32. The van der Waals surface area contributed by atoms with E-state index in [1.54, 1.807) is 31.4 Å². The molecule has 1 fully saturated rings. The van der Waals surface area contributed by atoms with E-state index >= 15 is 0 Å². The van der Waals surface area contributed by atoms with Crippen LogP contribution in [-0.4, -0.2) is 66.5 Å². The highest BCUT2D eigenvalue weighted by molar-refractivity contribution is 5.85. The Morgan fingerprint density at radius 3 is 2.47 bits per heavy atom. The summed E-state index contributed by atoms with van der Waals surface area (Å²) < 4.78 is 0. The molecule has 0 bridgehead atoms. The highest BCUT2D eigenvalue weighted by Crippen LogP contribution is 2.16. The molecule has 2 aromatic rings. The average molecular weight is 410 g/mol. The number of carbonyl (C=O) groups excluding carboxylic acids is 1. The van der Waals surface area contributed by atoms with Crippen LogP contribution in [0, 0.1) is 0 Å². The molecule has 0 radical (unpaired) electrons. The fourth-order valence-corrected chi connectivity index (χ4v) is 3.32. The lowest BCUT2D eigenvalue weighted by molar-refractivity contribution is -0.127. The third-order valence-electron chi connectivity index (χ3n) is 5.19. The topological polar surface area (TPSA) is 85.8 Å². The number of rotatable bonds is 6. The molecule has 30 heavy (non-hydrogen) atoms. The number of benzene rings is 1. The lowest BCUT2D eigenvalue weighted by Gasteiger charge is -2.33. The maximum Gasteiger partial charge on any atom is 0.243 e. The normalized spacial score (nSPS) is 16.1. The van der Waals surface area contributed by atoms with Crippen LogP contribution in [0.15, 0.2) is 53.8 Å². The molecule has 2 heterocycles. The number of nitrogens with one attached hydrogen (secondary N) is 2. The third kappa shape index (κ3) is 6.17. The first-order valence-electron chi connectivity index (χ1n) is 10.4. The van der Waals surface area contributed by atoms with Crippen LogP contribution in [0.3, 0.4) is 0 Å². The van der Waals surface area contributed by atoms with Crippen molar-refractivity contribution in [3.63, 3.8) is 0 Å². The number of carbonyl (C=O) groups is 1. The first kappa shape index (κ1) is 21.5. The van der Waals surface area contributed by atoms with E-state index in [2.05, 4.69) is 49.6 Å². The van der Waals surface area contributed by atoms with Gasteiger partial charge in [0.05, 0.1) is 6.04 Å². The quantitative estimate of drug-likeness (QED) is 0.559. The summed E-state index contributed by atoms with van der Waals surface area (Å²) in [6.45, 7) is 3.95. The summed E-state index contributed by atoms with van der Waals surface area (Å²) in [4.78, 5) is 29.0. The lowest BCUT2D eigenvalue weighted by atomic mass is 10.1. The molecule has 0 saturated carbocycles. The first-order valence-corrected chi connectivity index (χ1v) is 10.4. The summed E-state index contributed by atoms with van der Waals surface area (Å²) in [6, 6.07) is 12.4. The van der Waals surface area contributed by atoms with Crippen molar-refractivity contribution in [2.75, 3.05) is 38.6 Å². The molecule has 8 heteroatoms. The standard InChI is InChI=1S/C22H31N7O/c1-17(18-8-5-4-6-9-18)26-21(25-16-20(30)28(2)3)27-19-10-14-29(15-11-19)22-23-12-7-13-24-22/h4-9,12-13,17,19H,10-11,14-16H2,1-3H3,(H2,25,26,27). The van der Waals surface area contributed by atoms with Crippen LogP contribution in [-0.2, 0) is 4.79 Å². The average Bonchev–Trinajstić information content (AvgIpc) is 2.78. The molecule has 1 aromatic carbocycles. The molecule has 1 aliphatic heterocycles. The minimum Gasteiger partial charge on any atom is -0.354 e.